The summed E-state index contributed by atoms with van der Waals surface area (Å²) in [7, 11) is 1.46. The Kier molecular flexibility index (Phi) is 6.24. The Morgan fingerprint density at radius 1 is 1.19 bits per heavy atom. The Balaban J connectivity index is 1.51. The van der Waals surface area contributed by atoms with Gasteiger partial charge in [0.25, 0.3) is 0 Å². The first-order chi connectivity index (χ1) is 13.1. The van der Waals surface area contributed by atoms with Gasteiger partial charge in [0, 0.05) is 56.9 Å². The van der Waals surface area contributed by atoms with Gasteiger partial charge in [-0.05, 0) is 31.0 Å². The van der Waals surface area contributed by atoms with Crippen LogP contribution in [-0.4, -0.2) is 65.1 Å². The molecule has 0 aromatic carbocycles. The highest BCUT2D eigenvalue weighted by Gasteiger charge is 2.21. The third-order valence-corrected chi connectivity index (χ3v) is 5.03. The first kappa shape index (κ1) is 19.1. The predicted octanol–water partition coefficient (Wildman–Crippen LogP) is 0.947. The maximum Gasteiger partial charge on any atom is 0.242 e. The number of pyridine rings is 2. The molecule has 7 nitrogen and oxygen atoms in total. The molecule has 0 unspecified atom stereocenters. The number of aromatic nitrogens is 2. The van der Waals surface area contributed by atoms with Crippen molar-refractivity contribution in [2.45, 2.75) is 19.9 Å². The topological polar surface area (TPSA) is 67.7 Å². The highest BCUT2D eigenvalue weighted by atomic mass is 16.5. The van der Waals surface area contributed by atoms with Gasteiger partial charge < -0.3 is 14.2 Å². The zero-order chi connectivity index (χ0) is 19.2. The van der Waals surface area contributed by atoms with Crippen molar-refractivity contribution in [3.05, 3.63) is 58.3 Å². The number of hydrogen-bond donors (Lipinski definition) is 0. The first-order valence-corrected chi connectivity index (χ1v) is 9.21. The lowest BCUT2D eigenvalue weighted by Crippen LogP contribution is -2.50. The molecule has 1 aliphatic rings. The second-order valence-electron chi connectivity index (χ2n) is 6.80. The maximum absolute atomic E-state index is 12.7. The number of methoxy groups -OCH3 is 1. The molecule has 2 aromatic heterocycles. The molecule has 0 bridgehead atoms. The van der Waals surface area contributed by atoms with Gasteiger partial charge in [-0.2, -0.15) is 0 Å². The third-order valence-electron chi connectivity index (χ3n) is 5.03. The average molecular weight is 370 g/mol. The lowest BCUT2D eigenvalue weighted by molar-refractivity contribution is -0.133. The van der Waals surface area contributed by atoms with Gasteiger partial charge in [0.05, 0.1) is 13.3 Å². The van der Waals surface area contributed by atoms with Gasteiger partial charge in [0.15, 0.2) is 5.75 Å². The van der Waals surface area contributed by atoms with Gasteiger partial charge in [0.1, 0.15) is 6.54 Å². The van der Waals surface area contributed by atoms with Crippen molar-refractivity contribution in [3.63, 3.8) is 0 Å². The minimum Gasteiger partial charge on any atom is -0.491 e. The summed E-state index contributed by atoms with van der Waals surface area (Å²) in [4.78, 5) is 32.7. The maximum atomic E-state index is 12.7. The number of piperazine rings is 1. The summed E-state index contributed by atoms with van der Waals surface area (Å²) in [6.45, 7) is 6.25. The van der Waals surface area contributed by atoms with E-state index in [9.17, 15) is 9.59 Å². The van der Waals surface area contributed by atoms with Crippen LogP contribution in [0.5, 0.6) is 5.75 Å². The summed E-state index contributed by atoms with van der Waals surface area (Å²) >= 11 is 0. The Hall–Kier alpha value is -2.67. The van der Waals surface area contributed by atoms with Crippen LogP contribution >= 0.6 is 0 Å². The summed E-state index contributed by atoms with van der Waals surface area (Å²) in [5, 5.41) is 0. The fourth-order valence-electron chi connectivity index (χ4n) is 3.28. The first-order valence-electron chi connectivity index (χ1n) is 9.21. The van der Waals surface area contributed by atoms with Gasteiger partial charge in [-0.15, -0.1) is 0 Å². The van der Waals surface area contributed by atoms with Crippen LogP contribution in [0, 0.1) is 6.92 Å². The van der Waals surface area contributed by atoms with Crippen LogP contribution in [0.1, 0.15) is 11.3 Å². The van der Waals surface area contributed by atoms with Crippen molar-refractivity contribution in [2.24, 2.45) is 0 Å². The number of nitrogens with zero attached hydrogens (tertiary/aromatic N) is 4. The van der Waals surface area contributed by atoms with Gasteiger partial charge in [-0.3, -0.25) is 19.5 Å². The smallest absolute Gasteiger partial charge is 0.242 e. The summed E-state index contributed by atoms with van der Waals surface area (Å²) in [5.41, 5.74) is 1.87. The van der Waals surface area contributed by atoms with Crippen LogP contribution in [0.25, 0.3) is 0 Å². The summed E-state index contributed by atoms with van der Waals surface area (Å²) in [5.74, 6) is 0.326. The second kappa shape index (κ2) is 8.81. The van der Waals surface area contributed by atoms with Crippen molar-refractivity contribution < 1.29 is 9.53 Å². The van der Waals surface area contributed by atoms with Crippen LogP contribution in [-0.2, 0) is 17.8 Å². The van der Waals surface area contributed by atoms with E-state index in [4.69, 9.17) is 4.74 Å². The van der Waals surface area contributed by atoms with Crippen LogP contribution < -0.4 is 10.2 Å². The Labute approximate surface area is 159 Å². The quantitative estimate of drug-likeness (QED) is 0.757. The van der Waals surface area contributed by atoms with E-state index < -0.39 is 0 Å². The van der Waals surface area contributed by atoms with Crippen LogP contribution in [0.3, 0.4) is 0 Å². The molecule has 0 spiro atoms. The van der Waals surface area contributed by atoms with Gasteiger partial charge in [-0.1, -0.05) is 0 Å². The monoisotopic (exact) mass is 370 g/mol. The minimum absolute atomic E-state index is 0.0672. The van der Waals surface area contributed by atoms with Gasteiger partial charge in [0.2, 0.25) is 11.3 Å². The average Bonchev–Trinajstić information content (AvgIpc) is 2.69. The van der Waals surface area contributed by atoms with Crippen molar-refractivity contribution in [3.8, 4) is 5.75 Å². The number of rotatable bonds is 6. The molecule has 0 atom stereocenters. The molecule has 144 valence electrons. The molecule has 1 amide bonds. The zero-order valence-corrected chi connectivity index (χ0v) is 15.9. The zero-order valence-electron chi connectivity index (χ0n) is 15.9. The molecule has 0 N–H and O–H groups in total. The second-order valence-corrected chi connectivity index (χ2v) is 6.80. The Morgan fingerprint density at radius 3 is 2.56 bits per heavy atom. The van der Waals surface area contributed by atoms with E-state index in [1.807, 2.05) is 36.4 Å². The standard InChI is InChI=1S/C20H26N4O3/c1-16-13-18(25)19(27-2)14-24(16)15-20(26)23-11-9-22(10-12-23)8-5-17-3-6-21-7-4-17/h3-4,6-7,13-14H,5,8-12,15H2,1-2H3. The third kappa shape index (κ3) is 4.95. The Morgan fingerprint density at radius 2 is 1.89 bits per heavy atom. The molecule has 0 radical (unpaired) electrons. The molecule has 0 saturated carbocycles. The van der Waals surface area contributed by atoms with Crippen LogP contribution in [0.15, 0.2) is 41.6 Å². The lowest BCUT2D eigenvalue weighted by Gasteiger charge is -2.35. The predicted molar refractivity (Wildman–Crippen MR) is 103 cm³/mol. The summed E-state index contributed by atoms with van der Waals surface area (Å²) in [6.07, 6.45) is 6.24. The molecule has 3 heterocycles. The van der Waals surface area contributed by atoms with E-state index in [0.717, 1.165) is 44.8 Å². The number of aryl methyl sites for hydroxylation is 1. The molecule has 1 saturated heterocycles. The van der Waals surface area contributed by atoms with Gasteiger partial charge in [-0.25, -0.2) is 0 Å². The molecule has 1 aliphatic heterocycles. The fraction of sp³-hybridized carbons (Fsp3) is 0.450. The lowest BCUT2D eigenvalue weighted by atomic mass is 10.2. The van der Waals surface area contributed by atoms with Gasteiger partial charge >= 0.3 is 0 Å². The highest BCUT2D eigenvalue weighted by Crippen LogP contribution is 2.09. The molecule has 27 heavy (non-hydrogen) atoms. The molecular weight excluding hydrogens is 344 g/mol. The van der Waals surface area contributed by atoms with Crippen LogP contribution in [0.4, 0.5) is 0 Å². The highest BCUT2D eigenvalue weighted by molar-refractivity contribution is 5.76. The molecule has 1 fully saturated rings. The molecule has 0 aliphatic carbocycles. The Bertz CT molecular complexity index is 827. The summed E-state index contributed by atoms with van der Waals surface area (Å²) in [6, 6.07) is 5.59. The van der Waals surface area contributed by atoms with Crippen LogP contribution in [0.2, 0.25) is 0 Å². The normalized spacial score (nSPS) is 15.0. The van der Waals surface area contributed by atoms with E-state index in [-0.39, 0.29) is 23.6 Å². The largest absolute Gasteiger partial charge is 0.491 e. The van der Waals surface area contributed by atoms with Crippen molar-refractivity contribution in [1.29, 1.82) is 0 Å². The molecule has 7 heteroatoms. The number of hydrogen-bond acceptors (Lipinski definition) is 5. The van der Waals surface area contributed by atoms with E-state index in [2.05, 4.69) is 9.88 Å². The molecular formula is C20H26N4O3. The fourth-order valence-corrected chi connectivity index (χ4v) is 3.28. The number of amides is 1. The number of carbonyl (C=O) groups excluding carboxylic acids is 1. The minimum atomic E-state index is -0.165. The van der Waals surface area contributed by atoms with Crippen molar-refractivity contribution >= 4 is 5.91 Å². The van der Waals surface area contributed by atoms with E-state index in [0.29, 0.717) is 0 Å². The molecule has 3 rings (SSSR count). The number of ether oxygens (including phenoxy) is 1. The summed E-state index contributed by atoms with van der Waals surface area (Å²) < 4.78 is 6.85. The van der Waals surface area contributed by atoms with Crippen molar-refractivity contribution in [1.82, 2.24) is 19.4 Å². The van der Waals surface area contributed by atoms with Crippen molar-refractivity contribution in [2.75, 3.05) is 39.8 Å². The van der Waals surface area contributed by atoms with E-state index in [1.165, 1.54) is 18.7 Å². The number of carbonyl (C=O) groups is 1. The van der Waals surface area contributed by atoms with E-state index in [1.54, 1.807) is 10.8 Å². The molecule has 2 aromatic rings. The SMILES string of the molecule is COc1cn(CC(=O)N2CCN(CCc3ccncc3)CC2)c(C)cc1=O. The van der Waals surface area contributed by atoms with E-state index >= 15 is 0 Å².